The summed E-state index contributed by atoms with van der Waals surface area (Å²) in [5.74, 6) is -0.685. The van der Waals surface area contributed by atoms with Gasteiger partial charge in [-0.1, -0.05) is 42.0 Å². The van der Waals surface area contributed by atoms with Crippen molar-refractivity contribution in [1.29, 1.82) is 0 Å². The van der Waals surface area contributed by atoms with Gasteiger partial charge < -0.3 is 19.5 Å². The normalized spacial score (nSPS) is 11.5. The number of nitrogens with zero attached hydrogens (tertiary/aromatic N) is 1. The summed E-state index contributed by atoms with van der Waals surface area (Å²) in [6.07, 6.45) is 2.91. The lowest BCUT2D eigenvalue weighted by atomic mass is 10.0. The smallest absolute Gasteiger partial charge is 0.287 e. The zero-order valence-electron chi connectivity index (χ0n) is 20.1. The molecule has 0 aliphatic heterocycles. The molecular weight excluding hydrogens is 458 g/mol. The van der Waals surface area contributed by atoms with Gasteiger partial charge in [0.25, 0.3) is 5.91 Å². The van der Waals surface area contributed by atoms with E-state index in [1.165, 1.54) is 23.5 Å². The predicted molar refractivity (Wildman–Crippen MR) is 134 cm³/mol. The Morgan fingerprint density at radius 2 is 1.58 bits per heavy atom. The van der Waals surface area contributed by atoms with E-state index in [2.05, 4.69) is 10.6 Å². The van der Waals surface area contributed by atoms with Crippen molar-refractivity contribution in [3.8, 4) is 0 Å². The van der Waals surface area contributed by atoms with Crippen LogP contribution in [0, 0.1) is 13.8 Å². The van der Waals surface area contributed by atoms with Gasteiger partial charge in [0.2, 0.25) is 11.8 Å². The van der Waals surface area contributed by atoms with Gasteiger partial charge in [0.1, 0.15) is 11.8 Å². The maximum absolute atomic E-state index is 13.6. The molecule has 1 atom stereocenters. The molecule has 0 saturated heterocycles. The first-order chi connectivity index (χ1) is 17.4. The molecule has 0 unspecified atom stereocenters. The first kappa shape index (κ1) is 24.5. The Morgan fingerprint density at radius 3 is 2.25 bits per heavy atom. The maximum Gasteiger partial charge on any atom is 0.287 e. The summed E-state index contributed by atoms with van der Waals surface area (Å²) in [7, 11) is 0. The zero-order valence-corrected chi connectivity index (χ0v) is 20.1. The Hall–Kier alpha value is -4.59. The number of carbonyl (C=O) groups is 3. The highest BCUT2D eigenvalue weighted by molar-refractivity contribution is 6.04. The molecule has 0 aliphatic rings. The molecule has 0 spiro atoms. The minimum absolute atomic E-state index is 0.0937. The number of hydrogen-bond donors (Lipinski definition) is 2. The number of aryl methyl sites for hydroxylation is 2. The van der Waals surface area contributed by atoms with Crippen LogP contribution in [0.25, 0.3) is 0 Å². The lowest BCUT2D eigenvalue weighted by molar-refractivity contribution is -0.126. The number of anilines is 1. The van der Waals surface area contributed by atoms with Crippen molar-refractivity contribution < 1.29 is 23.2 Å². The third kappa shape index (κ3) is 5.90. The van der Waals surface area contributed by atoms with Crippen LogP contribution < -0.4 is 15.5 Å². The molecule has 8 nitrogen and oxygen atoms in total. The second kappa shape index (κ2) is 11.2. The van der Waals surface area contributed by atoms with Crippen molar-refractivity contribution in [3.05, 3.63) is 114 Å². The largest absolute Gasteiger partial charge is 0.467 e. The fourth-order valence-corrected chi connectivity index (χ4v) is 3.80. The van der Waals surface area contributed by atoms with Gasteiger partial charge in [-0.05, 0) is 61.4 Å². The molecule has 2 aromatic heterocycles. The number of hydrogen-bond acceptors (Lipinski definition) is 5. The highest BCUT2D eigenvalue weighted by atomic mass is 16.3. The molecule has 4 rings (SSSR count). The summed E-state index contributed by atoms with van der Waals surface area (Å²) >= 11 is 0. The maximum atomic E-state index is 13.6. The van der Waals surface area contributed by atoms with E-state index in [1.807, 2.05) is 56.3 Å². The summed E-state index contributed by atoms with van der Waals surface area (Å²) in [4.78, 5) is 41.1. The Kier molecular flexibility index (Phi) is 7.65. The molecule has 2 aromatic carbocycles. The van der Waals surface area contributed by atoms with Gasteiger partial charge >= 0.3 is 0 Å². The van der Waals surface area contributed by atoms with Crippen LogP contribution in [0.15, 0.2) is 94.2 Å². The molecule has 0 aliphatic carbocycles. The van der Waals surface area contributed by atoms with E-state index < -0.39 is 17.9 Å². The Morgan fingerprint density at radius 1 is 0.833 bits per heavy atom. The molecule has 3 amide bonds. The number of furan rings is 2. The zero-order chi connectivity index (χ0) is 25.5. The summed E-state index contributed by atoms with van der Waals surface area (Å²) in [5.41, 5.74) is 3.10. The van der Waals surface area contributed by atoms with Crippen molar-refractivity contribution in [2.45, 2.75) is 26.4 Å². The van der Waals surface area contributed by atoms with E-state index in [1.54, 1.807) is 24.3 Å². The highest BCUT2D eigenvalue weighted by Gasteiger charge is 2.33. The molecule has 0 saturated carbocycles. The molecule has 184 valence electrons. The first-order valence-corrected chi connectivity index (χ1v) is 11.5. The van der Waals surface area contributed by atoms with Gasteiger partial charge in [0.05, 0.1) is 25.6 Å². The van der Waals surface area contributed by atoms with Gasteiger partial charge in [0, 0.05) is 5.69 Å². The van der Waals surface area contributed by atoms with Crippen LogP contribution in [-0.4, -0.2) is 24.3 Å². The van der Waals surface area contributed by atoms with Crippen LogP contribution in [0.1, 0.15) is 39.0 Å². The number of benzene rings is 2. The monoisotopic (exact) mass is 485 g/mol. The topological polar surface area (TPSA) is 105 Å². The molecule has 8 heteroatoms. The van der Waals surface area contributed by atoms with Crippen LogP contribution in [0.2, 0.25) is 0 Å². The number of rotatable bonds is 9. The molecule has 4 aromatic rings. The lowest BCUT2D eigenvalue weighted by Crippen LogP contribution is -2.47. The van der Waals surface area contributed by atoms with E-state index in [0.717, 1.165) is 11.1 Å². The molecule has 0 fully saturated rings. The van der Waals surface area contributed by atoms with Gasteiger partial charge in [0.15, 0.2) is 5.76 Å². The quantitative estimate of drug-likeness (QED) is 0.368. The van der Waals surface area contributed by atoms with Crippen molar-refractivity contribution in [3.63, 3.8) is 0 Å². The Balaban J connectivity index is 1.67. The first-order valence-electron chi connectivity index (χ1n) is 11.5. The summed E-state index contributed by atoms with van der Waals surface area (Å²) in [6.45, 7) is 3.69. The predicted octanol–water partition coefficient (Wildman–Crippen LogP) is 4.31. The summed E-state index contributed by atoms with van der Waals surface area (Å²) in [5, 5.41) is 5.46. The van der Waals surface area contributed by atoms with Gasteiger partial charge in [-0.25, -0.2) is 0 Å². The van der Waals surface area contributed by atoms with Crippen molar-refractivity contribution >= 4 is 23.4 Å². The Labute approximate surface area is 208 Å². The van der Waals surface area contributed by atoms with Crippen molar-refractivity contribution in [2.75, 3.05) is 11.4 Å². The van der Waals surface area contributed by atoms with Gasteiger partial charge in [-0.3, -0.25) is 19.3 Å². The molecule has 0 bridgehead atoms. The number of carbonyl (C=O) groups excluding carboxylic acids is 3. The SMILES string of the molecule is Cc1ccc([C@@H](C(=O)NCc2ccco2)N(C(=O)CNC(=O)c2ccco2)c2cccc(C)c2)cc1. The molecule has 2 N–H and O–H groups in total. The van der Waals surface area contributed by atoms with E-state index in [0.29, 0.717) is 17.0 Å². The number of amides is 3. The fourth-order valence-electron chi connectivity index (χ4n) is 3.80. The van der Waals surface area contributed by atoms with Crippen molar-refractivity contribution in [1.82, 2.24) is 10.6 Å². The van der Waals surface area contributed by atoms with E-state index in [9.17, 15) is 14.4 Å². The highest BCUT2D eigenvalue weighted by Crippen LogP contribution is 2.29. The average molecular weight is 486 g/mol. The standard InChI is InChI=1S/C28H27N3O5/c1-19-10-12-21(13-11-19)26(28(34)29-17-23-8-4-14-35-23)31(22-7-3-6-20(2)16-22)25(32)18-30-27(33)24-9-5-15-36-24/h3-16,26H,17-18H2,1-2H3,(H,29,34)(H,30,33)/t26-/m0/s1. The second-order valence-electron chi connectivity index (χ2n) is 8.37. The lowest BCUT2D eigenvalue weighted by Gasteiger charge is -2.32. The minimum Gasteiger partial charge on any atom is -0.467 e. The van der Waals surface area contributed by atoms with Crippen LogP contribution in [0.3, 0.4) is 0 Å². The van der Waals surface area contributed by atoms with E-state index in [-0.39, 0.29) is 24.8 Å². The molecule has 2 heterocycles. The minimum atomic E-state index is -0.990. The summed E-state index contributed by atoms with van der Waals surface area (Å²) in [6, 6.07) is 20.3. The third-order valence-electron chi connectivity index (χ3n) is 5.61. The molecule has 0 radical (unpaired) electrons. The number of nitrogens with one attached hydrogen (secondary N) is 2. The van der Waals surface area contributed by atoms with Gasteiger partial charge in [-0.15, -0.1) is 0 Å². The van der Waals surface area contributed by atoms with E-state index in [4.69, 9.17) is 8.83 Å². The molecular formula is C28H27N3O5. The second-order valence-corrected chi connectivity index (χ2v) is 8.37. The Bertz CT molecular complexity index is 1310. The van der Waals surface area contributed by atoms with Crippen LogP contribution in [-0.2, 0) is 16.1 Å². The van der Waals surface area contributed by atoms with Gasteiger partial charge in [-0.2, -0.15) is 0 Å². The van der Waals surface area contributed by atoms with Crippen LogP contribution in [0.5, 0.6) is 0 Å². The molecule has 36 heavy (non-hydrogen) atoms. The van der Waals surface area contributed by atoms with Crippen LogP contribution in [0.4, 0.5) is 5.69 Å². The van der Waals surface area contributed by atoms with Crippen LogP contribution >= 0.6 is 0 Å². The fraction of sp³-hybridized carbons (Fsp3) is 0.179. The summed E-state index contributed by atoms with van der Waals surface area (Å²) < 4.78 is 10.5. The third-order valence-corrected chi connectivity index (χ3v) is 5.61. The van der Waals surface area contributed by atoms with Crippen molar-refractivity contribution in [2.24, 2.45) is 0 Å². The average Bonchev–Trinajstić information content (AvgIpc) is 3.60. The van der Waals surface area contributed by atoms with E-state index >= 15 is 0 Å².